The van der Waals surface area contributed by atoms with Crippen LogP contribution in [-0.4, -0.2) is 30.9 Å². The molecule has 21 heavy (non-hydrogen) atoms. The van der Waals surface area contributed by atoms with Crippen molar-refractivity contribution in [3.05, 3.63) is 29.3 Å². The minimum atomic E-state index is -0.963. The number of rotatable bonds is 5. The highest BCUT2D eigenvalue weighted by atomic mass is 16.6. The van der Waals surface area contributed by atoms with Crippen molar-refractivity contribution in [2.75, 3.05) is 13.7 Å². The maximum atomic E-state index is 11.5. The Balaban J connectivity index is 2.16. The lowest BCUT2D eigenvalue weighted by atomic mass is 9.84. The van der Waals surface area contributed by atoms with Gasteiger partial charge in [-0.2, -0.15) is 0 Å². The molecule has 0 aliphatic heterocycles. The predicted molar refractivity (Wildman–Crippen MR) is 80.5 cm³/mol. The summed E-state index contributed by atoms with van der Waals surface area (Å²) in [6, 6.07) is 6.17. The van der Waals surface area contributed by atoms with Crippen LogP contribution in [0.25, 0.3) is 0 Å². The third-order valence-electron chi connectivity index (χ3n) is 4.19. The first-order chi connectivity index (χ1) is 10.2. The Bertz CT molecular complexity index is 478. The number of aryl methyl sites for hydroxylation is 1. The molecule has 0 radical (unpaired) electrons. The average molecular weight is 292 g/mol. The number of aliphatic hydroxyl groups is 1. The fraction of sp³-hybridized carbons (Fsp3) is 0.588. The number of methoxy groups -OCH3 is 1. The van der Waals surface area contributed by atoms with Gasteiger partial charge in [-0.1, -0.05) is 31.4 Å². The molecule has 0 amide bonds. The van der Waals surface area contributed by atoms with E-state index >= 15 is 0 Å². The summed E-state index contributed by atoms with van der Waals surface area (Å²) in [5.74, 6) is 0.676. The van der Waals surface area contributed by atoms with E-state index in [1.165, 1.54) is 44.8 Å². The summed E-state index contributed by atoms with van der Waals surface area (Å²) in [6.07, 6.45) is 5.33. The van der Waals surface area contributed by atoms with Gasteiger partial charge in [0.05, 0.1) is 13.7 Å². The van der Waals surface area contributed by atoms with E-state index in [4.69, 9.17) is 4.74 Å². The molecule has 4 nitrogen and oxygen atoms in total. The van der Waals surface area contributed by atoms with Crippen LogP contribution >= 0.6 is 0 Å². The molecule has 0 spiro atoms. The minimum absolute atomic E-state index is 0.389. The Hall–Kier alpha value is -1.55. The molecule has 2 rings (SSSR count). The second-order valence-electron chi connectivity index (χ2n) is 5.67. The number of carbonyl (C=O) groups excluding carboxylic acids is 1. The summed E-state index contributed by atoms with van der Waals surface area (Å²) in [5.41, 5.74) is 2.22. The first-order valence-corrected chi connectivity index (χ1v) is 7.61. The van der Waals surface area contributed by atoms with Crippen molar-refractivity contribution in [3.8, 4) is 5.75 Å². The first-order valence-electron chi connectivity index (χ1n) is 7.61. The van der Waals surface area contributed by atoms with Crippen molar-refractivity contribution < 1.29 is 19.4 Å². The van der Waals surface area contributed by atoms with E-state index in [9.17, 15) is 9.90 Å². The van der Waals surface area contributed by atoms with Gasteiger partial charge in [-0.05, 0) is 42.9 Å². The van der Waals surface area contributed by atoms with Crippen LogP contribution < -0.4 is 4.74 Å². The molecular weight excluding hydrogens is 268 g/mol. The number of hydrogen-bond donors (Lipinski definition) is 1. The average Bonchev–Trinajstić information content (AvgIpc) is 2.54. The van der Waals surface area contributed by atoms with Crippen LogP contribution in [0.5, 0.6) is 5.75 Å². The zero-order valence-corrected chi connectivity index (χ0v) is 12.8. The molecule has 1 aromatic carbocycles. The van der Waals surface area contributed by atoms with Crippen LogP contribution in [0, 0.1) is 6.92 Å². The van der Waals surface area contributed by atoms with E-state index in [2.05, 4.69) is 10.8 Å². The summed E-state index contributed by atoms with van der Waals surface area (Å²) >= 11 is 0. The summed E-state index contributed by atoms with van der Waals surface area (Å²) in [5, 5.41) is 9.27. The normalized spacial score (nSPS) is 17.3. The van der Waals surface area contributed by atoms with Crippen molar-refractivity contribution in [2.24, 2.45) is 0 Å². The van der Waals surface area contributed by atoms with Gasteiger partial charge in [0.15, 0.2) is 0 Å². The van der Waals surface area contributed by atoms with Crippen LogP contribution in [0.3, 0.4) is 0 Å². The lowest BCUT2D eigenvalue weighted by Gasteiger charge is -2.23. The highest BCUT2D eigenvalue weighted by Crippen LogP contribution is 2.35. The summed E-state index contributed by atoms with van der Waals surface area (Å²) in [4.78, 5) is 11.5. The molecule has 0 aromatic heterocycles. The van der Waals surface area contributed by atoms with Crippen molar-refractivity contribution in [3.63, 3.8) is 0 Å². The van der Waals surface area contributed by atoms with Crippen molar-refractivity contribution in [1.82, 2.24) is 0 Å². The number of carbonyl (C=O) groups is 1. The van der Waals surface area contributed by atoms with Gasteiger partial charge in [-0.25, -0.2) is 4.79 Å². The first kappa shape index (κ1) is 15.8. The Morgan fingerprint density at radius 1 is 1.33 bits per heavy atom. The molecule has 1 N–H and O–H groups in total. The van der Waals surface area contributed by atoms with Crippen LogP contribution in [0.2, 0.25) is 0 Å². The van der Waals surface area contributed by atoms with E-state index < -0.39 is 12.1 Å². The van der Waals surface area contributed by atoms with E-state index in [-0.39, 0.29) is 6.61 Å². The van der Waals surface area contributed by atoms with Crippen molar-refractivity contribution in [2.45, 2.75) is 51.0 Å². The third-order valence-corrected chi connectivity index (χ3v) is 4.19. The van der Waals surface area contributed by atoms with Crippen LogP contribution in [0.1, 0.15) is 49.1 Å². The number of aliphatic hydroxyl groups excluding tert-OH is 1. The Morgan fingerprint density at radius 3 is 2.67 bits per heavy atom. The molecule has 1 aliphatic carbocycles. The van der Waals surface area contributed by atoms with E-state index in [0.29, 0.717) is 11.7 Å². The molecule has 0 bridgehead atoms. The van der Waals surface area contributed by atoms with Crippen LogP contribution in [0.4, 0.5) is 0 Å². The highest BCUT2D eigenvalue weighted by Gasteiger charge is 2.22. The quantitative estimate of drug-likeness (QED) is 0.848. The van der Waals surface area contributed by atoms with Gasteiger partial charge in [0.2, 0.25) is 6.10 Å². The van der Waals surface area contributed by atoms with Crippen molar-refractivity contribution >= 4 is 5.97 Å². The smallest absolute Gasteiger partial charge is 0.349 e. The zero-order valence-electron chi connectivity index (χ0n) is 12.8. The Labute approximate surface area is 126 Å². The van der Waals surface area contributed by atoms with Gasteiger partial charge in [0.25, 0.3) is 0 Å². The molecule has 0 saturated heterocycles. The van der Waals surface area contributed by atoms with Gasteiger partial charge in [0, 0.05) is 0 Å². The highest BCUT2D eigenvalue weighted by molar-refractivity contribution is 5.75. The number of ether oxygens (including phenoxy) is 2. The maximum Gasteiger partial charge on any atom is 0.349 e. The van der Waals surface area contributed by atoms with E-state index in [1.54, 1.807) is 0 Å². The lowest BCUT2D eigenvalue weighted by Crippen LogP contribution is -2.32. The van der Waals surface area contributed by atoms with E-state index in [1.807, 2.05) is 19.1 Å². The Kier molecular flexibility index (Phi) is 5.62. The fourth-order valence-electron chi connectivity index (χ4n) is 2.88. The number of benzene rings is 1. The molecule has 1 aliphatic rings. The molecule has 1 unspecified atom stereocenters. The second-order valence-corrected chi connectivity index (χ2v) is 5.67. The molecule has 0 heterocycles. The number of hydrogen-bond acceptors (Lipinski definition) is 4. The lowest BCUT2D eigenvalue weighted by molar-refractivity contribution is -0.150. The molecule has 1 fully saturated rings. The van der Waals surface area contributed by atoms with Gasteiger partial charge >= 0.3 is 5.97 Å². The Morgan fingerprint density at radius 2 is 2.05 bits per heavy atom. The maximum absolute atomic E-state index is 11.5. The molecule has 1 atom stereocenters. The van der Waals surface area contributed by atoms with Crippen LogP contribution in [-0.2, 0) is 9.53 Å². The summed E-state index contributed by atoms with van der Waals surface area (Å²) < 4.78 is 10.3. The predicted octanol–water partition coefficient (Wildman–Crippen LogP) is 2.96. The monoisotopic (exact) mass is 292 g/mol. The minimum Gasteiger partial charge on any atom is -0.476 e. The van der Waals surface area contributed by atoms with Crippen LogP contribution in [0.15, 0.2) is 18.2 Å². The molecule has 1 saturated carbocycles. The summed E-state index contributed by atoms with van der Waals surface area (Å²) in [7, 11) is 1.29. The second kappa shape index (κ2) is 7.46. The van der Waals surface area contributed by atoms with E-state index in [0.717, 1.165) is 5.56 Å². The number of esters is 1. The SMILES string of the molecule is COC(=O)C(CO)Oc1cc(C2CCCCC2)ccc1C. The fourth-order valence-corrected chi connectivity index (χ4v) is 2.88. The third kappa shape index (κ3) is 3.97. The molecule has 116 valence electrons. The summed E-state index contributed by atoms with van der Waals surface area (Å²) in [6.45, 7) is 1.55. The largest absolute Gasteiger partial charge is 0.476 e. The molecular formula is C17H24O4. The van der Waals surface area contributed by atoms with Gasteiger partial charge in [-0.15, -0.1) is 0 Å². The molecule has 1 aromatic rings. The van der Waals surface area contributed by atoms with Gasteiger partial charge in [-0.3, -0.25) is 0 Å². The van der Waals surface area contributed by atoms with Crippen molar-refractivity contribution in [1.29, 1.82) is 0 Å². The zero-order chi connectivity index (χ0) is 15.2. The van der Waals surface area contributed by atoms with Gasteiger partial charge < -0.3 is 14.6 Å². The molecule has 4 heteroatoms. The van der Waals surface area contributed by atoms with Gasteiger partial charge in [0.1, 0.15) is 5.75 Å². The standard InChI is InChI=1S/C17H24O4/c1-12-8-9-14(13-6-4-3-5-7-13)10-15(12)21-16(11-18)17(19)20-2/h8-10,13,16,18H,3-7,11H2,1-2H3. The topological polar surface area (TPSA) is 55.8 Å².